The second-order valence-electron chi connectivity index (χ2n) is 8.23. The lowest BCUT2D eigenvalue weighted by atomic mass is 9.91. The third kappa shape index (κ3) is 4.43. The zero-order chi connectivity index (χ0) is 23.5. The zero-order valence-electron chi connectivity index (χ0n) is 18.3. The molecule has 1 aliphatic rings. The summed E-state index contributed by atoms with van der Waals surface area (Å²) in [6.07, 6.45) is 3.33. The minimum Gasteiger partial charge on any atom is -0.345 e. The summed E-state index contributed by atoms with van der Waals surface area (Å²) in [7, 11) is 0. The van der Waals surface area contributed by atoms with E-state index in [2.05, 4.69) is 31.6 Å². The fourth-order valence-electron chi connectivity index (χ4n) is 3.61. The average molecular weight is 458 g/mol. The lowest BCUT2D eigenvalue weighted by molar-refractivity contribution is -0.229. The Morgan fingerprint density at radius 1 is 1.12 bits per heavy atom. The van der Waals surface area contributed by atoms with Crippen LogP contribution in [-0.4, -0.2) is 39.1 Å². The summed E-state index contributed by atoms with van der Waals surface area (Å²) in [5.74, 6) is -0.122. The quantitative estimate of drug-likeness (QED) is 0.466. The molecule has 171 valence electrons. The van der Waals surface area contributed by atoms with Gasteiger partial charge in [0.1, 0.15) is 5.82 Å². The lowest BCUT2D eigenvalue weighted by Crippen LogP contribution is -2.45. The molecular formula is C25H21FN5O3. The number of aromatic nitrogens is 4. The maximum Gasteiger partial charge on any atom is 0.234 e. The molecular weight excluding hydrogens is 437 g/mol. The van der Waals surface area contributed by atoms with Crippen LogP contribution in [0.25, 0.3) is 22.6 Å². The Bertz CT molecular complexity index is 1270. The molecule has 0 spiro atoms. The predicted octanol–water partition coefficient (Wildman–Crippen LogP) is 4.16. The number of halogens is 1. The monoisotopic (exact) mass is 458 g/mol. The number of hydrogen-bond donors (Lipinski definition) is 2. The van der Waals surface area contributed by atoms with Gasteiger partial charge in [-0.2, -0.15) is 0 Å². The summed E-state index contributed by atoms with van der Waals surface area (Å²) in [6, 6.07) is 16.9. The summed E-state index contributed by atoms with van der Waals surface area (Å²) in [4.78, 5) is 28.7. The Morgan fingerprint density at radius 2 is 1.85 bits per heavy atom. The third-order valence-electron chi connectivity index (χ3n) is 5.54. The van der Waals surface area contributed by atoms with Crippen molar-refractivity contribution in [1.29, 1.82) is 0 Å². The van der Waals surface area contributed by atoms with Crippen LogP contribution < -0.4 is 5.32 Å². The number of nitrogens with one attached hydrogen (secondary N) is 2. The molecule has 2 N–H and O–H groups in total. The van der Waals surface area contributed by atoms with Gasteiger partial charge in [-0.25, -0.2) is 19.3 Å². The van der Waals surface area contributed by atoms with Crippen LogP contribution in [0.5, 0.6) is 0 Å². The number of imidazole rings is 1. The topological polar surface area (TPSA) is 102 Å². The van der Waals surface area contributed by atoms with E-state index >= 15 is 0 Å². The fraction of sp³-hybridized carbons (Fsp3) is 0.200. The molecule has 0 saturated carbocycles. The zero-order valence-corrected chi connectivity index (χ0v) is 18.3. The first-order chi connectivity index (χ1) is 16.5. The highest BCUT2D eigenvalue weighted by Gasteiger charge is 2.41. The van der Waals surface area contributed by atoms with E-state index in [-0.39, 0.29) is 24.9 Å². The van der Waals surface area contributed by atoms with E-state index in [0.29, 0.717) is 34.2 Å². The number of rotatable bonds is 5. The number of nitrogens with zero attached hydrogens (tertiary/aromatic N) is 3. The predicted molar refractivity (Wildman–Crippen MR) is 122 cm³/mol. The van der Waals surface area contributed by atoms with Gasteiger partial charge in [0.2, 0.25) is 12.2 Å². The second-order valence-corrected chi connectivity index (χ2v) is 8.23. The van der Waals surface area contributed by atoms with Crippen LogP contribution >= 0.6 is 0 Å². The first-order valence-corrected chi connectivity index (χ1v) is 10.7. The number of benzene rings is 2. The number of amides is 1. The standard InChI is InChI=1S/C25H21FN5O3/c1-25(24(32)29-18-5-3-2-4-6-18)13-33-23(34-14-25)22-30-20(16-7-9-17(26)10-8-16)21(31-22)19-11-12-27-15-28-19/h2-12,23H,13-14H2,1H3,(H,29,32)(H,30,31). The van der Waals surface area contributed by atoms with Crippen LogP contribution in [-0.2, 0) is 14.3 Å². The van der Waals surface area contributed by atoms with Gasteiger partial charge in [0, 0.05) is 17.4 Å². The fourth-order valence-corrected chi connectivity index (χ4v) is 3.61. The van der Waals surface area contributed by atoms with E-state index in [1.165, 1.54) is 12.1 Å². The normalized spacial score (nSPS) is 20.1. The summed E-state index contributed by atoms with van der Waals surface area (Å²) in [5, 5.41) is 2.90. The minimum atomic E-state index is -0.872. The van der Waals surface area contributed by atoms with Crippen LogP contribution in [0.2, 0.25) is 0 Å². The van der Waals surface area contributed by atoms with Crippen molar-refractivity contribution in [2.75, 3.05) is 18.5 Å². The first-order valence-electron chi connectivity index (χ1n) is 10.7. The molecule has 2 aromatic carbocycles. The molecule has 5 rings (SSSR count). The highest BCUT2D eigenvalue weighted by molar-refractivity contribution is 5.95. The van der Waals surface area contributed by atoms with E-state index < -0.39 is 11.7 Å². The van der Waals surface area contributed by atoms with Gasteiger partial charge in [0.15, 0.2) is 12.2 Å². The molecule has 4 aromatic rings. The van der Waals surface area contributed by atoms with Gasteiger partial charge in [-0.3, -0.25) is 4.79 Å². The van der Waals surface area contributed by atoms with Gasteiger partial charge < -0.3 is 19.8 Å². The van der Waals surface area contributed by atoms with Gasteiger partial charge >= 0.3 is 0 Å². The van der Waals surface area contributed by atoms with E-state index in [0.717, 1.165) is 0 Å². The Labute approximate surface area is 195 Å². The third-order valence-corrected chi connectivity index (χ3v) is 5.54. The smallest absolute Gasteiger partial charge is 0.234 e. The maximum absolute atomic E-state index is 13.5. The first kappa shape index (κ1) is 21.9. The number of carbonyl (C=O) groups excluding carboxylic acids is 1. The van der Waals surface area contributed by atoms with E-state index in [1.54, 1.807) is 31.3 Å². The molecule has 1 saturated heterocycles. The molecule has 1 fully saturated rings. The molecule has 9 heteroatoms. The van der Waals surface area contributed by atoms with Crippen molar-refractivity contribution in [3.8, 4) is 22.6 Å². The number of para-hydroxylation sites is 1. The maximum atomic E-state index is 13.5. The molecule has 0 unspecified atom stereocenters. The molecule has 2 aromatic heterocycles. The SMILES string of the molecule is CC1(C(=O)Nc2ccccc2)COC(c2nc(-c3ccc(F)cc3)c(-c3ccn[c]n3)[nH]2)OC1. The van der Waals surface area contributed by atoms with Crippen molar-refractivity contribution >= 4 is 11.6 Å². The highest BCUT2D eigenvalue weighted by Crippen LogP contribution is 2.35. The van der Waals surface area contributed by atoms with Crippen molar-refractivity contribution in [2.45, 2.75) is 13.2 Å². The summed E-state index contributed by atoms with van der Waals surface area (Å²) in [6.45, 7) is 2.06. The number of anilines is 1. The minimum absolute atomic E-state index is 0.138. The van der Waals surface area contributed by atoms with E-state index in [1.807, 2.05) is 30.3 Å². The molecule has 34 heavy (non-hydrogen) atoms. The molecule has 1 aliphatic heterocycles. The van der Waals surface area contributed by atoms with Crippen molar-refractivity contribution in [1.82, 2.24) is 19.9 Å². The van der Waals surface area contributed by atoms with Crippen molar-refractivity contribution in [2.24, 2.45) is 5.41 Å². The number of ether oxygens (including phenoxy) is 2. The van der Waals surface area contributed by atoms with Crippen LogP contribution in [0.1, 0.15) is 19.0 Å². The number of carbonyl (C=O) groups is 1. The van der Waals surface area contributed by atoms with Crippen LogP contribution in [0.4, 0.5) is 10.1 Å². The lowest BCUT2D eigenvalue weighted by Gasteiger charge is -2.35. The van der Waals surface area contributed by atoms with Crippen molar-refractivity contribution in [3.05, 3.63) is 84.8 Å². The molecule has 1 amide bonds. The van der Waals surface area contributed by atoms with Crippen LogP contribution in [0, 0.1) is 17.6 Å². The number of aromatic amines is 1. The van der Waals surface area contributed by atoms with E-state index in [4.69, 9.17) is 9.47 Å². The van der Waals surface area contributed by atoms with Crippen LogP contribution in [0.15, 0.2) is 66.9 Å². The molecule has 0 bridgehead atoms. The van der Waals surface area contributed by atoms with Gasteiger partial charge in [0.25, 0.3) is 0 Å². The molecule has 0 atom stereocenters. The van der Waals surface area contributed by atoms with E-state index in [9.17, 15) is 9.18 Å². The van der Waals surface area contributed by atoms with Gasteiger partial charge in [-0.15, -0.1) is 0 Å². The van der Waals surface area contributed by atoms with Crippen molar-refractivity contribution in [3.63, 3.8) is 0 Å². The van der Waals surface area contributed by atoms with Gasteiger partial charge in [-0.1, -0.05) is 18.2 Å². The Hall–Kier alpha value is -3.95. The molecule has 0 aliphatic carbocycles. The summed E-state index contributed by atoms with van der Waals surface area (Å²) in [5.41, 5.74) is 2.25. The Kier molecular flexibility index (Phi) is 5.87. The van der Waals surface area contributed by atoms with Gasteiger partial charge in [0.05, 0.1) is 35.7 Å². The second kappa shape index (κ2) is 9.12. The largest absolute Gasteiger partial charge is 0.345 e. The Morgan fingerprint density at radius 3 is 2.53 bits per heavy atom. The van der Waals surface area contributed by atoms with Crippen molar-refractivity contribution < 1.29 is 18.7 Å². The summed E-state index contributed by atoms with van der Waals surface area (Å²) < 4.78 is 25.3. The van der Waals surface area contributed by atoms with Gasteiger partial charge in [-0.05, 0) is 49.4 Å². The number of H-pyrrole nitrogens is 1. The summed E-state index contributed by atoms with van der Waals surface area (Å²) >= 11 is 0. The highest BCUT2D eigenvalue weighted by atomic mass is 19.1. The van der Waals surface area contributed by atoms with Crippen LogP contribution in [0.3, 0.4) is 0 Å². The molecule has 1 radical (unpaired) electrons. The average Bonchev–Trinajstić information content (AvgIpc) is 3.31. The number of hydrogen-bond acceptors (Lipinski definition) is 6. The molecule has 3 heterocycles. The Balaban J connectivity index is 1.37. The molecule has 8 nitrogen and oxygen atoms in total.